The molecule has 0 spiro atoms. The average Bonchev–Trinajstić information content (AvgIpc) is 3.30. The number of carbonyl (C=O) groups excluding carboxylic acids is 2. The minimum atomic E-state index is -0.686. The van der Waals surface area contributed by atoms with E-state index in [4.69, 9.17) is 21.7 Å². The molecule has 2 aliphatic heterocycles. The predicted octanol–water partition coefficient (Wildman–Crippen LogP) is 5.41. The third-order valence-corrected chi connectivity index (χ3v) is 8.72. The van der Waals surface area contributed by atoms with Crippen LogP contribution in [0, 0.1) is 0 Å². The van der Waals surface area contributed by atoms with Crippen LogP contribution in [-0.4, -0.2) is 90.2 Å². The van der Waals surface area contributed by atoms with Crippen LogP contribution in [0.3, 0.4) is 0 Å². The van der Waals surface area contributed by atoms with Gasteiger partial charge in [0.2, 0.25) is 5.91 Å². The fraction of sp³-hybridized carbons (Fsp3) is 0.417. The summed E-state index contributed by atoms with van der Waals surface area (Å²) < 4.78 is 11.2. The molecule has 0 unspecified atom stereocenters. The van der Waals surface area contributed by atoms with Crippen molar-refractivity contribution in [2.45, 2.75) is 45.7 Å². The number of anilines is 2. The molecular formula is C36H45N5O4S. The van der Waals surface area contributed by atoms with Crippen LogP contribution in [0.1, 0.15) is 38.7 Å². The highest BCUT2D eigenvalue weighted by Gasteiger charge is 2.44. The summed E-state index contributed by atoms with van der Waals surface area (Å²) in [5, 5.41) is 3.38. The molecule has 46 heavy (non-hydrogen) atoms. The van der Waals surface area contributed by atoms with E-state index in [-0.39, 0.29) is 18.2 Å². The van der Waals surface area contributed by atoms with Gasteiger partial charge in [-0.1, -0.05) is 37.3 Å². The Balaban J connectivity index is 1.20. The van der Waals surface area contributed by atoms with Crippen LogP contribution in [-0.2, 0) is 16.1 Å². The summed E-state index contributed by atoms with van der Waals surface area (Å²) in [4.78, 5) is 35.6. The molecule has 1 N–H and O–H groups in total. The van der Waals surface area contributed by atoms with E-state index in [2.05, 4.69) is 52.4 Å². The number of nitrogens with one attached hydrogen (secondary N) is 1. The zero-order valence-corrected chi connectivity index (χ0v) is 27.7. The normalized spacial score (nSPS) is 17.4. The fourth-order valence-corrected chi connectivity index (χ4v) is 6.32. The molecule has 0 saturated carbocycles. The zero-order chi connectivity index (χ0) is 32.3. The molecule has 10 heteroatoms. The number of ether oxygens (including phenoxy) is 2. The van der Waals surface area contributed by atoms with Crippen molar-refractivity contribution in [3.8, 4) is 11.5 Å². The lowest BCUT2D eigenvalue weighted by Crippen LogP contribution is -2.47. The average molecular weight is 644 g/mol. The number of benzene rings is 3. The van der Waals surface area contributed by atoms with Gasteiger partial charge in [-0.15, -0.1) is 0 Å². The first-order valence-electron chi connectivity index (χ1n) is 16.3. The number of nitrogens with zero attached hydrogens (tertiary/aromatic N) is 4. The lowest BCUT2D eigenvalue weighted by atomic mass is 10.1. The minimum absolute atomic E-state index is 0.00124. The standard InChI is InChI=1S/C36H45N5O4S/c1-3-25-45-32-15-11-29(12-16-32)37-34(42)26-33-35(43)41(30-13-17-31(18-14-30)44-4-2)36(46)40(33)20-8-19-38-21-23-39(24-22-38)27-28-9-6-5-7-10-28/h5-7,9-18,33H,3-4,8,19-27H2,1-2H3,(H,37,42)/t33-/m1/s1. The van der Waals surface area contributed by atoms with Gasteiger partial charge in [-0.3, -0.25) is 19.4 Å². The molecule has 0 bridgehead atoms. The lowest BCUT2D eigenvalue weighted by Gasteiger charge is -2.35. The van der Waals surface area contributed by atoms with E-state index in [0.29, 0.717) is 36.2 Å². The molecule has 2 heterocycles. The molecule has 2 saturated heterocycles. The first kappa shape index (κ1) is 33.4. The predicted molar refractivity (Wildman–Crippen MR) is 186 cm³/mol. The second-order valence-corrected chi connectivity index (χ2v) is 12.0. The Kier molecular flexibility index (Phi) is 12.0. The van der Waals surface area contributed by atoms with E-state index < -0.39 is 6.04 Å². The monoisotopic (exact) mass is 643 g/mol. The topological polar surface area (TPSA) is 77.6 Å². The molecule has 2 fully saturated rings. The van der Waals surface area contributed by atoms with Crippen molar-refractivity contribution in [3.05, 3.63) is 84.4 Å². The quantitative estimate of drug-likeness (QED) is 0.220. The SMILES string of the molecule is CCCOc1ccc(NC(=O)C[C@@H]2C(=O)N(c3ccc(OCC)cc3)C(=S)N2CCCN2CCN(Cc3ccccc3)CC2)cc1. The van der Waals surface area contributed by atoms with Gasteiger partial charge in [0.25, 0.3) is 5.91 Å². The van der Waals surface area contributed by atoms with Crippen LogP contribution < -0.4 is 19.7 Å². The third kappa shape index (κ3) is 8.84. The summed E-state index contributed by atoms with van der Waals surface area (Å²) in [6.45, 7) is 11.7. The summed E-state index contributed by atoms with van der Waals surface area (Å²) >= 11 is 5.90. The number of rotatable bonds is 15. The number of piperazine rings is 1. The van der Waals surface area contributed by atoms with E-state index in [1.165, 1.54) is 5.56 Å². The van der Waals surface area contributed by atoms with E-state index >= 15 is 0 Å². The number of carbonyl (C=O) groups is 2. The van der Waals surface area contributed by atoms with Crippen molar-refractivity contribution in [2.24, 2.45) is 0 Å². The summed E-state index contributed by atoms with van der Waals surface area (Å²) in [5.41, 5.74) is 2.67. The van der Waals surface area contributed by atoms with Crippen molar-refractivity contribution in [2.75, 3.05) is 62.7 Å². The Hall–Kier alpha value is -3.99. The minimum Gasteiger partial charge on any atom is -0.494 e. The van der Waals surface area contributed by atoms with Crippen LogP contribution in [0.5, 0.6) is 11.5 Å². The molecule has 244 valence electrons. The van der Waals surface area contributed by atoms with E-state index in [9.17, 15) is 9.59 Å². The van der Waals surface area contributed by atoms with Crippen molar-refractivity contribution >= 4 is 40.5 Å². The summed E-state index contributed by atoms with van der Waals surface area (Å²) in [6, 6.07) is 24.6. The van der Waals surface area contributed by atoms with Gasteiger partial charge in [0.15, 0.2) is 5.11 Å². The van der Waals surface area contributed by atoms with Crippen LogP contribution in [0.15, 0.2) is 78.9 Å². The van der Waals surface area contributed by atoms with Gasteiger partial charge in [0.1, 0.15) is 17.5 Å². The van der Waals surface area contributed by atoms with Crippen LogP contribution in [0.4, 0.5) is 11.4 Å². The molecule has 9 nitrogen and oxygen atoms in total. The Morgan fingerprint density at radius 3 is 2.17 bits per heavy atom. The van der Waals surface area contributed by atoms with E-state index in [1.54, 1.807) is 4.90 Å². The van der Waals surface area contributed by atoms with Crippen LogP contribution in [0.2, 0.25) is 0 Å². The van der Waals surface area contributed by atoms with Crippen molar-refractivity contribution < 1.29 is 19.1 Å². The molecule has 5 rings (SSSR count). The van der Waals surface area contributed by atoms with Gasteiger partial charge >= 0.3 is 0 Å². The maximum Gasteiger partial charge on any atom is 0.256 e. The molecule has 0 aliphatic carbocycles. The smallest absolute Gasteiger partial charge is 0.256 e. The van der Waals surface area contributed by atoms with Gasteiger partial charge < -0.3 is 24.6 Å². The van der Waals surface area contributed by atoms with Gasteiger partial charge in [-0.25, -0.2) is 0 Å². The van der Waals surface area contributed by atoms with Crippen molar-refractivity contribution in [3.63, 3.8) is 0 Å². The van der Waals surface area contributed by atoms with Crippen LogP contribution >= 0.6 is 12.2 Å². The number of hydrogen-bond acceptors (Lipinski definition) is 7. The lowest BCUT2D eigenvalue weighted by molar-refractivity contribution is -0.124. The second kappa shape index (κ2) is 16.5. The first-order valence-corrected chi connectivity index (χ1v) is 16.7. The zero-order valence-electron chi connectivity index (χ0n) is 26.9. The third-order valence-electron chi connectivity index (χ3n) is 8.30. The molecular weight excluding hydrogens is 598 g/mol. The highest BCUT2D eigenvalue weighted by Crippen LogP contribution is 2.29. The highest BCUT2D eigenvalue weighted by molar-refractivity contribution is 7.80. The Bertz CT molecular complexity index is 1430. The molecule has 3 aromatic rings. The van der Waals surface area contributed by atoms with Crippen molar-refractivity contribution in [1.29, 1.82) is 0 Å². The maximum absolute atomic E-state index is 13.9. The van der Waals surface area contributed by atoms with Crippen LogP contribution in [0.25, 0.3) is 0 Å². The van der Waals surface area contributed by atoms with E-state index in [0.717, 1.165) is 63.6 Å². The van der Waals surface area contributed by atoms with Gasteiger partial charge in [-0.05, 0) is 92.6 Å². The van der Waals surface area contributed by atoms with E-state index in [1.807, 2.05) is 60.4 Å². The Morgan fingerprint density at radius 2 is 1.50 bits per heavy atom. The largest absolute Gasteiger partial charge is 0.494 e. The highest BCUT2D eigenvalue weighted by atomic mass is 32.1. The number of thiocarbonyl (C=S) groups is 1. The fourth-order valence-electron chi connectivity index (χ4n) is 5.90. The summed E-state index contributed by atoms with van der Waals surface area (Å²) in [6.07, 6.45) is 1.75. The Morgan fingerprint density at radius 1 is 0.848 bits per heavy atom. The van der Waals surface area contributed by atoms with Gasteiger partial charge in [-0.2, -0.15) is 0 Å². The molecule has 0 radical (unpaired) electrons. The Labute approximate surface area is 278 Å². The summed E-state index contributed by atoms with van der Waals surface area (Å²) in [5.74, 6) is 1.05. The molecule has 2 aliphatic rings. The summed E-state index contributed by atoms with van der Waals surface area (Å²) in [7, 11) is 0. The number of amides is 2. The molecule has 3 aromatic carbocycles. The first-order chi connectivity index (χ1) is 22.4. The number of hydrogen-bond donors (Lipinski definition) is 1. The van der Waals surface area contributed by atoms with Gasteiger partial charge in [0, 0.05) is 45.0 Å². The van der Waals surface area contributed by atoms with Crippen molar-refractivity contribution in [1.82, 2.24) is 14.7 Å². The molecule has 1 atom stereocenters. The molecule has 2 amide bonds. The molecule has 0 aromatic heterocycles. The maximum atomic E-state index is 13.9. The van der Waals surface area contributed by atoms with Gasteiger partial charge in [0.05, 0.1) is 25.3 Å². The second-order valence-electron chi connectivity index (χ2n) is 11.7.